The van der Waals surface area contributed by atoms with Gasteiger partial charge in [0, 0.05) is 5.39 Å². The van der Waals surface area contributed by atoms with Crippen LogP contribution in [0.15, 0.2) is 53.3 Å². The maximum absolute atomic E-state index is 12.2. The van der Waals surface area contributed by atoms with Gasteiger partial charge in [0.2, 0.25) is 0 Å². The molecule has 0 aliphatic heterocycles. The van der Waals surface area contributed by atoms with E-state index in [2.05, 4.69) is 15.5 Å². The van der Waals surface area contributed by atoms with Crippen LogP contribution in [-0.2, 0) is 9.53 Å². The number of esters is 1. The molecule has 3 aromatic rings. The zero-order valence-corrected chi connectivity index (χ0v) is 13.5. The molecular weight excluding hydrogens is 346 g/mol. The Bertz CT molecular complexity index is 1020. The summed E-state index contributed by atoms with van der Waals surface area (Å²) in [5.41, 5.74) is -0.0674. The minimum absolute atomic E-state index is 0.0688. The number of aromatic amines is 1. The first-order valence-corrected chi connectivity index (χ1v) is 7.63. The number of anilines is 1. The van der Waals surface area contributed by atoms with E-state index in [1.165, 1.54) is 0 Å². The Labute approximate surface area is 146 Å². The second kappa shape index (κ2) is 7.14. The summed E-state index contributed by atoms with van der Waals surface area (Å²) in [5.74, 6) is -1.36. The molecule has 3 rings (SSSR count). The van der Waals surface area contributed by atoms with Gasteiger partial charge in [-0.1, -0.05) is 41.9 Å². The number of rotatable bonds is 4. The Morgan fingerprint density at radius 2 is 1.76 bits per heavy atom. The molecule has 0 atom stereocenters. The van der Waals surface area contributed by atoms with Crippen LogP contribution >= 0.6 is 11.6 Å². The molecule has 1 amide bonds. The van der Waals surface area contributed by atoms with E-state index >= 15 is 0 Å². The van der Waals surface area contributed by atoms with Crippen molar-refractivity contribution in [2.45, 2.75) is 0 Å². The number of carbonyl (C=O) groups excluding carboxylic acids is 2. The lowest BCUT2D eigenvalue weighted by molar-refractivity contribution is -0.119. The number of benzene rings is 2. The monoisotopic (exact) mass is 357 g/mol. The second-order valence-electron chi connectivity index (χ2n) is 5.05. The lowest BCUT2D eigenvalue weighted by Gasteiger charge is -2.08. The fraction of sp³-hybridized carbons (Fsp3) is 0.0588. The van der Waals surface area contributed by atoms with Crippen LogP contribution in [0.3, 0.4) is 0 Å². The Kier molecular flexibility index (Phi) is 4.76. The fourth-order valence-electron chi connectivity index (χ4n) is 2.22. The smallest absolute Gasteiger partial charge is 0.359 e. The third-order valence-corrected chi connectivity index (χ3v) is 3.70. The molecular formula is C17H12ClN3O4. The van der Waals surface area contributed by atoms with Crippen LogP contribution in [0.5, 0.6) is 0 Å². The normalized spacial score (nSPS) is 10.4. The predicted molar refractivity (Wildman–Crippen MR) is 92.7 cm³/mol. The van der Waals surface area contributed by atoms with Crippen molar-refractivity contribution in [3.8, 4) is 0 Å². The number of amides is 1. The van der Waals surface area contributed by atoms with Gasteiger partial charge in [-0.3, -0.25) is 9.59 Å². The molecule has 1 heterocycles. The average molecular weight is 358 g/mol. The summed E-state index contributed by atoms with van der Waals surface area (Å²) in [7, 11) is 0. The Balaban J connectivity index is 1.71. The topological polar surface area (TPSA) is 101 Å². The zero-order valence-electron chi connectivity index (χ0n) is 12.8. The van der Waals surface area contributed by atoms with Gasteiger partial charge in [-0.2, -0.15) is 5.10 Å². The van der Waals surface area contributed by atoms with E-state index in [4.69, 9.17) is 16.3 Å². The van der Waals surface area contributed by atoms with Crippen molar-refractivity contribution in [2.75, 3.05) is 11.9 Å². The summed E-state index contributed by atoms with van der Waals surface area (Å²) < 4.78 is 4.97. The van der Waals surface area contributed by atoms with E-state index in [9.17, 15) is 14.4 Å². The minimum Gasteiger partial charge on any atom is -0.451 e. The Morgan fingerprint density at radius 3 is 2.52 bits per heavy atom. The van der Waals surface area contributed by atoms with Gasteiger partial charge in [0.05, 0.1) is 16.1 Å². The molecule has 0 fully saturated rings. The number of halogens is 1. The molecule has 0 spiro atoms. The first-order chi connectivity index (χ1) is 12.1. The molecule has 126 valence electrons. The van der Waals surface area contributed by atoms with Gasteiger partial charge in [-0.25, -0.2) is 9.89 Å². The first kappa shape index (κ1) is 16.7. The molecule has 0 radical (unpaired) electrons. The second-order valence-corrected chi connectivity index (χ2v) is 5.46. The number of ether oxygens (including phenoxy) is 1. The zero-order chi connectivity index (χ0) is 17.8. The van der Waals surface area contributed by atoms with Gasteiger partial charge in [0.1, 0.15) is 0 Å². The van der Waals surface area contributed by atoms with E-state index in [1.54, 1.807) is 48.5 Å². The summed E-state index contributed by atoms with van der Waals surface area (Å²) in [6, 6.07) is 13.2. The van der Waals surface area contributed by atoms with Gasteiger partial charge in [0.15, 0.2) is 12.3 Å². The number of fused-ring (bicyclic) bond motifs is 1. The molecule has 1 aromatic heterocycles. The van der Waals surface area contributed by atoms with E-state index in [-0.39, 0.29) is 5.69 Å². The summed E-state index contributed by atoms with van der Waals surface area (Å²) in [4.78, 5) is 35.8. The van der Waals surface area contributed by atoms with Crippen LogP contribution in [0.4, 0.5) is 5.69 Å². The number of nitrogens with zero attached hydrogens (tertiary/aromatic N) is 1. The molecule has 0 bridgehead atoms. The summed E-state index contributed by atoms with van der Waals surface area (Å²) in [6.45, 7) is -0.515. The Hall–Kier alpha value is -3.19. The quantitative estimate of drug-likeness (QED) is 0.698. The highest BCUT2D eigenvalue weighted by molar-refractivity contribution is 6.33. The first-order valence-electron chi connectivity index (χ1n) is 7.25. The number of hydrogen-bond donors (Lipinski definition) is 2. The van der Waals surface area contributed by atoms with Crippen LogP contribution in [0, 0.1) is 0 Å². The number of hydrogen-bond acceptors (Lipinski definition) is 5. The molecule has 0 aliphatic rings. The van der Waals surface area contributed by atoms with Crippen LogP contribution in [-0.4, -0.2) is 28.7 Å². The summed E-state index contributed by atoms with van der Waals surface area (Å²) in [6.07, 6.45) is 0. The number of carbonyl (C=O) groups is 2. The van der Waals surface area contributed by atoms with Crippen molar-refractivity contribution < 1.29 is 14.3 Å². The van der Waals surface area contributed by atoms with Crippen molar-refractivity contribution in [1.82, 2.24) is 10.2 Å². The number of nitrogens with one attached hydrogen (secondary N) is 2. The average Bonchev–Trinajstić information content (AvgIpc) is 2.62. The molecule has 8 heteroatoms. The third-order valence-electron chi connectivity index (χ3n) is 3.37. The van der Waals surface area contributed by atoms with Crippen LogP contribution in [0.1, 0.15) is 10.5 Å². The minimum atomic E-state index is -0.818. The third kappa shape index (κ3) is 3.67. The lowest BCUT2D eigenvalue weighted by atomic mass is 10.1. The van der Waals surface area contributed by atoms with E-state index in [1.807, 2.05) is 0 Å². The standard InChI is InChI=1S/C17H12ClN3O4/c18-12-7-3-4-8-13(12)19-14(22)9-25-17(24)15-10-5-1-2-6-11(10)16(23)21-20-15/h1-8H,9H2,(H,19,22)(H,21,23). The highest BCUT2D eigenvalue weighted by atomic mass is 35.5. The van der Waals surface area contributed by atoms with E-state index in [0.29, 0.717) is 21.5 Å². The highest BCUT2D eigenvalue weighted by Crippen LogP contribution is 2.20. The summed E-state index contributed by atoms with van der Waals surface area (Å²) >= 11 is 5.94. The molecule has 0 unspecified atom stereocenters. The van der Waals surface area contributed by atoms with E-state index < -0.39 is 24.0 Å². The largest absolute Gasteiger partial charge is 0.451 e. The molecule has 0 saturated heterocycles. The number of H-pyrrole nitrogens is 1. The van der Waals surface area contributed by atoms with Gasteiger partial charge < -0.3 is 10.1 Å². The maximum atomic E-state index is 12.2. The maximum Gasteiger partial charge on any atom is 0.359 e. The molecule has 2 N–H and O–H groups in total. The van der Waals surface area contributed by atoms with Crippen molar-refractivity contribution in [2.24, 2.45) is 0 Å². The Morgan fingerprint density at radius 1 is 1.08 bits per heavy atom. The summed E-state index contributed by atoms with van der Waals surface area (Å²) in [5, 5.41) is 9.52. The SMILES string of the molecule is O=C(COC(=O)c1n[nH]c(=O)c2ccccc12)Nc1ccccc1Cl. The molecule has 7 nitrogen and oxygen atoms in total. The van der Waals surface area contributed by atoms with E-state index in [0.717, 1.165) is 0 Å². The molecule has 0 saturated carbocycles. The van der Waals surface area contributed by atoms with Gasteiger partial charge in [0.25, 0.3) is 11.5 Å². The number of aromatic nitrogens is 2. The van der Waals surface area contributed by atoms with Crippen LogP contribution < -0.4 is 10.9 Å². The van der Waals surface area contributed by atoms with Crippen LogP contribution in [0.2, 0.25) is 5.02 Å². The van der Waals surface area contributed by atoms with Crippen LogP contribution in [0.25, 0.3) is 10.8 Å². The van der Waals surface area contributed by atoms with Crippen molar-refractivity contribution in [3.63, 3.8) is 0 Å². The van der Waals surface area contributed by atoms with Crippen molar-refractivity contribution in [1.29, 1.82) is 0 Å². The van der Waals surface area contributed by atoms with Gasteiger partial charge in [-0.05, 0) is 18.2 Å². The van der Waals surface area contributed by atoms with Gasteiger partial charge in [-0.15, -0.1) is 0 Å². The predicted octanol–water partition coefficient (Wildman–Crippen LogP) is 2.37. The molecule has 0 aliphatic carbocycles. The van der Waals surface area contributed by atoms with Crippen molar-refractivity contribution in [3.05, 3.63) is 69.6 Å². The lowest BCUT2D eigenvalue weighted by Crippen LogP contribution is -2.22. The van der Waals surface area contributed by atoms with Crippen molar-refractivity contribution >= 4 is 39.9 Å². The highest BCUT2D eigenvalue weighted by Gasteiger charge is 2.17. The molecule has 25 heavy (non-hydrogen) atoms. The number of para-hydroxylation sites is 1. The fourth-order valence-corrected chi connectivity index (χ4v) is 2.40. The molecule has 2 aromatic carbocycles. The van der Waals surface area contributed by atoms with Gasteiger partial charge >= 0.3 is 5.97 Å².